The van der Waals surface area contributed by atoms with Gasteiger partial charge in [-0.1, -0.05) is 13.8 Å². The predicted octanol–water partition coefficient (Wildman–Crippen LogP) is 2.72. The van der Waals surface area contributed by atoms with E-state index in [2.05, 4.69) is 29.6 Å². The van der Waals surface area contributed by atoms with Gasteiger partial charge in [-0.05, 0) is 30.9 Å². The van der Waals surface area contributed by atoms with Crippen molar-refractivity contribution in [3.63, 3.8) is 0 Å². The zero-order chi connectivity index (χ0) is 16.4. The molecule has 0 saturated carbocycles. The summed E-state index contributed by atoms with van der Waals surface area (Å²) < 4.78 is 7.74. The van der Waals surface area contributed by atoms with Gasteiger partial charge in [0, 0.05) is 31.6 Å². The Morgan fingerprint density at radius 1 is 1.57 bits per heavy atom. The van der Waals surface area contributed by atoms with Crippen molar-refractivity contribution in [1.29, 1.82) is 0 Å². The molecule has 6 nitrogen and oxygen atoms in total. The summed E-state index contributed by atoms with van der Waals surface area (Å²) in [6.45, 7) is 4.88. The zero-order valence-corrected chi connectivity index (χ0v) is 14.9. The number of nitrogens with one attached hydrogen (secondary N) is 2. The number of rotatable bonds is 3. The molecule has 0 aliphatic carbocycles. The van der Waals surface area contributed by atoms with Crippen molar-refractivity contribution >= 4 is 23.5 Å². The normalized spacial score (nSPS) is 27.6. The highest BCUT2D eigenvalue weighted by molar-refractivity contribution is 7.99. The van der Waals surface area contributed by atoms with Crippen molar-refractivity contribution in [3.05, 3.63) is 11.9 Å². The average molecular weight is 338 g/mol. The van der Waals surface area contributed by atoms with Crippen LogP contribution in [-0.2, 0) is 11.8 Å². The highest BCUT2D eigenvalue weighted by Gasteiger charge is 2.40. The minimum atomic E-state index is -0.146. The molecule has 0 aromatic carbocycles. The minimum Gasteiger partial charge on any atom is -0.374 e. The van der Waals surface area contributed by atoms with Crippen LogP contribution in [0.15, 0.2) is 6.20 Å². The second-order valence-electron chi connectivity index (χ2n) is 6.88. The number of ether oxygens (including phenoxy) is 1. The Balaban J connectivity index is 1.59. The van der Waals surface area contributed by atoms with Crippen LogP contribution < -0.4 is 10.6 Å². The van der Waals surface area contributed by atoms with Crippen LogP contribution in [0.1, 0.15) is 44.7 Å². The number of hydrogen-bond donors (Lipinski definition) is 2. The molecule has 2 amide bonds. The van der Waals surface area contributed by atoms with Crippen molar-refractivity contribution in [2.24, 2.45) is 7.05 Å². The Kier molecular flexibility index (Phi) is 4.87. The van der Waals surface area contributed by atoms with Crippen LogP contribution in [0.2, 0.25) is 0 Å². The van der Waals surface area contributed by atoms with Gasteiger partial charge in [0.1, 0.15) is 0 Å². The van der Waals surface area contributed by atoms with E-state index in [0.29, 0.717) is 0 Å². The van der Waals surface area contributed by atoms with Crippen LogP contribution >= 0.6 is 11.8 Å². The van der Waals surface area contributed by atoms with E-state index in [4.69, 9.17) is 4.74 Å². The number of nitrogens with zero attached hydrogens (tertiary/aromatic N) is 2. The molecule has 0 unspecified atom stereocenters. The molecule has 0 radical (unpaired) electrons. The topological polar surface area (TPSA) is 68.2 Å². The number of aryl methyl sites for hydroxylation is 1. The molecule has 3 rings (SSSR count). The first-order chi connectivity index (χ1) is 11.0. The molecule has 2 aliphatic rings. The molecule has 1 aromatic heterocycles. The fourth-order valence-electron chi connectivity index (χ4n) is 3.39. The molecule has 7 heteroatoms. The first-order valence-electron chi connectivity index (χ1n) is 8.30. The van der Waals surface area contributed by atoms with Crippen molar-refractivity contribution in [2.75, 3.05) is 23.4 Å². The van der Waals surface area contributed by atoms with Gasteiger partial charge in [-0.2, -0.15) is 16.9 Å². The maximum atomic E-state index is 12.4. The van der Waals surface area contributed by atoms with E-state index in [9.17, 15) is 4.79 Å². The third kappa shape index (κ3) is 3.83. The van der Waals surface area contributed by atoms with Gasteiger partial charge in [-0.15, -0.1) is 0 Å². The number of amides is 2. The lowest BCUT2D eigenvalue weighted by Crippen LogP contribution is -2.49. The molecule has 2 atom stereocenters. The van der Waals surface area contributed by atoms with Crippen LogP contribution in [-0.4, -0.2) is 45.6 Å². The lowest BCUT2D eigenvalue weighted by atomic mass is 9.90. The summed E-state index contributed by atoms with van der Waals surface area (Å²) in [5, 5.41) is 10.5. The SMILES string of the molecule is CC(C)c1nn(C)cc1NC(=O)N[C@@H]1CCO[C@]2(CCSC2)C1. The van der Waals surface area contributed by atoms with Crippen LogP contribution in [0.3, 0.4) is 0 Å². The van der Waals surface area contributed by atoms with Crippen LogP contribution in [0.25, 0.3) is 0 Å². The van der Waals surface area contributed by atoms with Crippen LogP contribution in [0.5, 0.6) is 0 Å². The van der Waals surface area contributed by atoms with Gasteiger partial charge in [0.15, 0.2) is 0 Å². The van der Waals surface area contributed by atoms with Gasteiger partial charge in [-0.3, -0.25) is 4.68 Å². The number of urea groups is 1. The van der Waals surface area contributed by atoms with Crippen molar-refractivity contribution in [2.45, 2.75) is 50.7 Å². The number of aromatic nitrogens is 2. The maximum Gasteiger partial charge on any atom is 0.319 e. The number of carbonyl (C=O) groups is 1. The predicted molar refractivity (Wildman–Crippen MR) is 93.1 cm³/mol. The van der Waals surface area contributed by atoms with Gasteiger partial charge in [0.05, 0.1) is 17.0 Å². The monoisotopic (exact) mass is 338 g/mol. The quantitative estimate of drug-likeness (QED) is 0.889. The molecule has 2 saturated heterocycles. The van der Waals surface area contributed by atoms with E-state index in [1.165, 1.54) is 0 Å². The van der Waals surface area contributed by atoms with Crippen molar-refractivity contribution < 1.29 is 9.53 Å². The largest absolute Gasteiger partial charge is 0.374 e. The summed E-state index contributed by atoms with van der Waals surface area (Å²) in [7, 11) is 1.87. The molecule has 2 fully saturated rings. The first kappa shape index (κ1) is 16.6. The van der Waals surface area contributed by atoms with Gasteiger partial charge in [0.25, 0.3) is 0 Å². The molecular formula is C16H26N4O2S. The Hall–Kier alpha value is -1.21. The number of hydrogen-bond acceptors (Lipinski definition) is 4. The molecule has 2 aliphatic heterocycles. The Labute approximate surface area is 141 Å². The van der Waals surface area contributed by atoms with E-state index in [-0.39, 0.29) is 23.6 Å². The molecule has 2 N–H and O–H groups in total. The number of thioether (sulfide) groups is 1. The van der Waals surface area contributed by atoms with Crippen molar-refractivity contribution in [1.82, 2.24) is 15.1 Å². The summed E-state index contributed by atoms with van der Waals surface area (Å²) in [6.07, 6.45) is 4.74. The summed E-state index contributed by atoms with van der Waals surface area (Å²) in [5.74, 6) is 2.48. The minimum absolute atomic E-state index is 0.0156. The highest BCUT2D eigenvalue weighted by atomic mass is 32.2. The first-order valence-corrected chi connectivity index (χ1v) is 9.46. The molecule has 23 heavy (non-hydrogen) atoms. The summed E-state index contributed by atoms with van der Waals surface area (Å²) in [4.78, 5) is 12.4. The zero-order valence-electron chi connectivity index (χ0n) is 14.1. The molecular weight excluding hydrogens is 312 g/mol. The fraction of sp³-hybridized carbons (Fsp3) is 0.750. The van der Waals surface area contributed by atoms with Gasteiger partial charge in [0.2, 0.25) is 0 Å². The average Bonchev–Trinajstić information content (AvgIpc) is 3.06. The van der Waals surface area contributed by atoms with E-state index in [1.54, 1.807) is 4.68 Å². The van der Waals surface area contributed by atoms with Crippen LogP contribution in [0.4, 0.5) is 10.5 Å². The molecule has 128 valence electrons. The Morgan fingerprint density at radius 3 is 3.09 bits per heavy atom. The third-order valence-corrected chi connectivity index (χ3v) is 5.77. The number of carbonyl (C=O) groups excluding carboxylic acids is 1. The van der Waals surface area contributed by atoms with E-state index in [0.717, 1.165) is 48.8 Å². The second kappa shape index (κ2) is 6.73. The molecule has 1 aromatic rings. The maximum absolute atomic E-state index is 12.4. The molecule has 1 spiro atoms. The van der Waals surface area contributed by atoms with Gasteiger partial charge in [-0.25, -0.2) is 4.79 Å². The van der Waals surface area contributed by atoms with E-state index in [1.807, 2.05) is 25.0 Å². The lowest BCUT2D eigenvalue weighted by Gasteiger charge is -2.37. The lowest BCUT2D eigenvalue weighted by molar-refractivity contribution is -0.0682. The summed E-state index contributed by atoms with van der Waals surface area (Å²) in [6, 6.07) is 0.0363. The fourth-order valence-corrected chi connectivity index (χ4v) is 4.76. The standard InChI is InChI=1S/C16H26N4O2S/c1-11(2)14-13(9-20(3)19-14)18-15(21)17-12-4-6-22-16(8-12)5-7-23-10-16/h9,11-12H,4-8,10H2,1-3H3,(H2,17,18,21)/t12-,16-/m1/s1. The number of anilines is 1. The van der Waals surface area contributed by atoms with Crippen LogP contribution in [0, 0.1) is 0 Å². The van der Waals surface area contributed by atoms with E-state index < -0.39 is 0 Å². The molecule has 0 bridgehead atoms. The smallest absolute Gasteiger partial charge is 0.319 e. The highest BCUT2D eigenvalue weighted by Crippen LogP contribution is 2.38. The van der Waals surface area contributed by atoms with Gasteiger partial charge >= 0.3 is 6.03 Å². The summed E-state index contributed by atoms with van der Waals surface area (Å²) in [5.41, 5.74) is 1.69. The second-order valence-corrected chi connectivity index (χ2v) is 7.98. The van der Waals surface area contributed by atoms with Crippen molar-refractivity contribution in [3.8, 4) is 0 Å². The molecule has 3 heterocycles. The van der Waals surface area contributed by atoms with Gasteiger partial charge < -0.3 is 15.4 Å². The summed E-state index contributed by atoms with van der Waals surface area (Å²) >= 11 is 1.95. The van der Waals surface area contributed by atoms with E-state index >= 15 is 0 Å². The third-order valence-electron chi connectivity index (χ3n) is 4.55. The Morgan fingerprint density at radius 2 is 2.39 bits per heavy atom. The Bertz CT molecular complexity index is 566.